The first-order valence-corrected chi connectivity index (χ1v) is 5.54. The molecule has 96 valence electrons. The van der Waals surface area contributed by atoms with Crippen molar-refractivity contribution in [2.75, 3.05) is 19.8 Å². The zero-order valence-electron chi connectivity index (χ0n) is 9.79. The molecular weight excluding hydrogens is 228 g/mol. The first-order chi connectivity index (χ1) is 8.17. The Kier molecular flexibility index (Phi) is 5.69. The molecule has 0 radical (unpaired) electrons. The van der Waals surface area contributed by atoms with E-state index in [-0.39, 0.29) is 0 Å². The van der Waals surface area contributed by atoms with Crippen molar-refractivity contribution < 1.29 is 18.3 Å². The summed E-state index contributed by atoms with van der Waals surface area (Å²) in [5.74, 6) is 0.826. The fourth-order valence-corrected chi connectivity index (χ4v) is 1.41. The van der Waals surface area contributed by atoms with Gasteiger partial charge < -0.3 is 15.2 Å². The second kappa shape index (κ2) is 7.06. The average Bonchev–Trinajstić information content (AvgIpc) is 2.28. The van der Waals surface area contributed by atoms with E-state index >= 15 is 0 Å². The highest BCUT2D eigenvalue weighted by molar-refractivity contribution is 5.43. The van der Waals surface area contributed by atoms with Crippen LogP contribution in [0.2, 0.25) is 0 Å². The molecule has 0 unspecified atom stereocenters. The Bertz CT molecular complexity index is 345. The molecule has 5 heteroatoms. The number of benzene rings is 1. The lowest BCUT2D eigenvalue weighted by Crippen LogP contribution is -2.09. The summed E-state index contributed by atoms with van der Waals surface area (Å²) in [6.07, 6.45) is -1.77. The first-order valence-electron chi connectivity index (χ1n) is 5.54. The molecule has 1 rings (SSSR count). The van der Waals surface area contributed by atoms with Crippen LogP contribution in [0.15, 0.2) is 18.2 Å². The van der Waals surface area contributed by atoms with Gasteiger partial charge in [-0.2, -0.15) is 0 Å². The number of hydrogen-bond donors (Lipinski definition) is 1. The summed E-state index contributed by atoms with van der Waals surface area (Å²) in [6, 6.07) is 5.21. The third kappa shape index (κ3) is 4.56. The fourth-order valence-electron chi connectivity index (χ4n) is 1.41. The van der Waals surface area contributed by atoms with Crippen molar-refractivity contribution in [3.63, 3.8) is 0 Å². The van der Waals surface area contributed by atoms with E-state index in [0.29, 0.717) is 24.7 Å². The van der Waals surface area contributed by atoms with Gasteiger partial charge in [-0.05, 0) is 37.6 Å². The molecule has 0 atom stereocenters. The summed E-state index contributed by atoms with van der Waals surface area (Å²) < 4.78 is 34.4. The van der Waals surface area contributed by atoms with Crippen LogP contribution in [0.5, 0.6) is 11.5 Å². The van der Waals surface area contributed by atoms with Crippen molar-refractivity contribution in [1.29, 1.82) is 0 Å². The summed E-state index contributed by atoms with van der Waals surface area (Å²) in [7, 11) is 0. The highest BCUT2D eigenvalue weighted by atomic mass is 19.3. The van der Waals surface area contributed by atoms with Crippen molar-refractivity contribution in [2.24, 2.45) is 5.73 Å². The van der Waals surface area contributed by atoms with Gasteiger partial charge in [-0.3, -0.25) is 0 Å². The predicted octanol–water partition coefficient (Wildman–Crippen LogP) is 2.23. The fraction of sp³-hybridized carbons (Fsp3) is 0.500. The number of nitrogens with two attached hydrogens (primary N) is 1. The lowest BCUT2D eigenvalue weighted by molar-refractivity contribution is 0.0801. The van der Waals surface area contributed by atoms with Gasteiger partial charge in [0.25, 0.3) is 6.43 Å². The summed E-state index contributed by atoms with van der Waals surface area (Å²) in [4.78, 5) is 0. The molecule has 1 aromatic carbocycles. The molecule has 0 heterocycles. The van der Waals surface area contributed by atoms with E-state index in [2.05, 4.69) is 0 Å². The molecule has 1 aromatic rings. The molecule has 3 nitrogen and oxygen atoms in total. The van der Waals surface area contributed by atoms with E-state index in [9.17, 15) is 8.78 Å². The Morgan fingerprint density at radius 1 is 1.24 bits per heavy atom. The molecule has 0 saturated carbocycles. The summed E-state index contributed by atoms with van der Waals surface area (Å²) >= 11 is 0. The molecule has 2 N–H and O–H groups in total. The normalized spacial score (nSPS) is 10.6. The minimum Gasteiger partial charge on any atom is -0.490 e. The van der Waals surface area contributed by atoms with E-state index < -0.39 is 13.0 Å². The third-order valence-corrected chi connectivity index (χ3v) is 2.11. The van der Waals surface area contributed by atoms with Gasteiger partial charge >= 0.3 is 0 Å². The van der Waals surface area contributed by atoms with Gasteiger partial charge in [0.1, 0.15) is 6.61 Å². The monoisotopic (exact) mass is 245 g/mol. The third-order valence-electron chi connectivity index (χ3n) is 2.11. The Hall–Kier alpha value is -1.36. The number of alkyl halides is 2. The minimum atomic E-state index is -2.49. The Labute approximate surface area is 99.5 Å². The van der Waals surface area contributed by atoms with E-state index in [4.69, 9.17) is 15.2 Å². The number of halogens is 2. The topological polar surface area (TPSA) is 44.5 Å². The van der Waals surface area contributed by atoms with E-state index in [0.717, 1.165) is 12.0 Å². The van der Waals surface area contributed by atoms with Crippen molar-refractivity contribution in [1.82, 2.24) is 0 Å². The van der Waals surface area contributed by atoms with Crippen LogP contribution in [-0.2, 0) is 6.42 Å². The van der Waals surface area contributed by atoms with Gasteiger partial charge in [-0.1, -0.05) is 6.07 Å². The van der Waals surface area contributed by atoms with E-state index in [1.54, 1.807) is 18.2 Å². The average molecular weight is 245 g/mol. The zero-order chi connectivity index (χ0) is 12.7. The van der Waals surface area contributed by atoms with Gasteiger partial charge in [-0.25, -0.2) is 8.78 Å². The number of ether oxygens (including phenoxy) is 2. The second-order valence-corrected chi connectivity index (χ2v) is 3.45. The van der Waals surface area contributed by atoms with Crippen molar-refractivity contribution in [3.05, 3.63) is 23.8 Å². The molecular formula is C12H17F2NO2. The van der Waals surface area contributed by atoms with Gasteiger partial charge in [0.15, 0.2) is 11.5 Å². The second-order valence-electron chi connectivity index (χ2n) is 3.45. The summed E-state index contributed by atoms with van der Waals surface area (Å²) in [5.41, 5.74) is 6.45. The van der Waals surface area contributed by atoms with Crippen LogP contribution in [-0.4, -0.2) is 26.2 Å². The van der Waals surface area contributed by atoms with Crippen molar-refractivity contribution >= 4 is 0 Å². The number of rotatable bonds is 7. The largest absolute Gasteiger partial charge is 0.490 e. The van der Waals surface area contributed by atoms with Gasteiger partial charge in [0.05, 0.1) is 6.61 Å². The maximum atomic E-state index is 12.1. The molecule has 0 saturated heterocycles. The Balaban J connectivity index is 2.79. The van der Waals surface area contributed by atoms with Crippen LogP contribution in [0.25, 0.3) is 0 Å². The van der Waals surface area contributed by atoms with E-state index in [1.165, 1.54) is 0 Å². The van der Waals surface area contributed by atoms with Crippen LogP contribution in [0, 0.1) is 0 Å². The van der Waals surface area contributed by atoms with Crippen LogP contribution in [0.1, 0.15) is 12.5 Å². The zero-order valence-corrected chi connectivity index (χ0v) is 9.79. The summed E-state index contributed by atoms with van der Waals surface area (Å²) in [5, 5.41) is 0. The van der Waals surface area contributed by atoms with Crippen LogP contribution < -0.4 is 15.2 Å². The summed E-state index contributed by atoms with van der Waals surface area (Å²) in [6.45, 7) is 2.18. The highest BCUT2D eigenvalue weighted by Gasteiger charge is 2.09. The molecule has 0 aliphatic heterocycles. The predicted molar refractivity (Wildman–Crippen MR) is 61.9 cm³/mol. The molecule has 0 aromatic heterocycles. The Morgan fingerprint density at radius 2 is 2.00 bits per heavy atom. The quantitative estimate of drug-likeness (QED) is 0.801. The smallest absolute Gasteiger partial charge is 0.272 e. The standard InChI is InChI=1S/C12H17F2NO2/c1-2-16-11-7-9(5-6-15)3-4-10(11)17-8-12(13)14/h3-4,7,12H,2,5-6,8,15H2,1H3. The lowest BCUT2D eigenvalue weighted by atomic mass is 10.1. The van der Waals surface area contributed by atoms with E-state index in [1.807, 2.05) is 6.92 Å². The molecule has 0 bridgehead atoms. The Morgan fingerprint density at radius 3 is 2.59 bits per heavy atom. The molecule has 0 aliphatic carbocycles. The number of hydrogen-bond acceptors (Lipinski definition) is 3. The maximum absolute atomic E-state index is 12.1. The van der Waals surface area contributed by atoms with Crippen LogP contribution in [0.4, 0.5) is 8.78 Å². The van der Waals surface area contributed by atoms with Crippen molar-refractivity contribution in [3.8, 4) is 11.5 Å². The molecule has 0 aliphatic rings. The molecule has 17 heavy (non-hydrogen) atoms. The molecule has 0 amide bonds. The highest BCUT2D eigenvalue weighted by Crippen LogP contribution is 2.28. The van der Waals surface area contributed by atoms with Gasteiger partial charge in [0, 0.05) is 0 Å². The lowest BCUT2D eigenvalue weighted by Gasteiger charge is -2.12. The maximum Gasteiger partial charge on any atom is 0.272 e. The van der Waals surface area contributed by atoms with Gasteiger partial charge in [-0.15, -0.1) is 0 Å². The van der Waals surface area contributed by atoms with Crippen LogP contribution in [0.3, 0.4) is 0 Å². The minimum absolute atomic E-state index is 0.341. The SMILES string of the molecule is CCOc1cc(CCN)ccc1OCC(F)F. The van der Waals surface area contributed by atoms with Gasteiger partial charge in [0.2, 0.25) is 0 Å². The van der Waals surface area contributed by atoms with Crippen molar-refractivity contribution in [2.45, 2.75) is 19.8 Å². The molecule has 0 spiro atoms. The van der Waals surface area contributed by atoms with Crippen LogP contribution >= 0.6 is 0 Å². The first kappa shape index (κ1) is 13.7. The molecule has 0 fully saturated rings.